The quantitative estimate of drug-likeness (QED) is 0.629. The number of anilines is 1. The number of nitrogens with one attached hydrogen (secondary N) is 2. The fraction of sp³-hybridized carbons (Fsp3) is 0.357. The van der Waals surface area contributed by atoms with E-state index in [2.05, 4.69) is 15.8 Å². The Morgan fingerprint density at radius 2 is 1.89 bits per heavy atom. The van der Waals surface area contributed by atoms with Gasteiger partial charge in [0.15, 0.2) is 0 Å². The normalized spacial score (nSPS) is 11.0. The number of carbonyl (C=O) groups excluding carboxylic acids is 2. The number of nitrogens with zero attached hydrogens (tertiary/aromatic N) is 1. The number of rotatable bonds is 5. The van der Waals surface area contributed by atoms with Crippen LogP contribution >= 0.6 is 0 Å². The maximum atomic E-state index is 11.8. The number of amides is 2. The van der Waals surface area contributed by atoms with Crippen LogP contribution in [0.25, 0.3) is 0 Å². The van der Waals surface area contributed by atoms with E-state index >= 15 is 0 Å². The zero-order chi connectivity index (χ0) is 14.3. The summed E-state index contributed by atoms with van der Waals surface area (Å²) in [6, 6.07) is 7.68. The van der Waals surface area contributed by atoms with Crippen molar-refractivity contribution >= 4 is 23.2 Å². The van der Waals surface area contributed by atoms with Gasteiger partial charge in [-0.15, -0.1) is 0 Å². The van der Waals surface area contributed by atoms with Crippen LogP contribution in [-0.4, -0.2) is 17.5 Å². The molecule has 0 bridgehead atoms. The second kappa shape index (κ2) is 7.31. The molecule has 0 unspecified atom stereocenters. The third-order valence-electron chi connectivity index (χ3n) is 2.49. The van der Waals surface area contributed by atoms with Crippen molar-refractivity contribution in [3.8, 4) is 0 Å². The molecule has 0 spiro atoms. The van der Waals surface area contributed by atoms with Crippen molar-refractivity contribution in [2.75, 3.05) is 5.32 Å². The molecule has 2 amide bonds. The molecule has 19 heavy (non-hydrogen) atoms. The summed E-state index contributed by atoms with van der Waals surface area (Å²) in [4.78, 5) is 22.5. The van der Waals surface area contributed by atoms with Crippen LogP contribution in [0.5, 0.6) is 0 Å². The smallest absolute Gasteiger partial charge is 0.236 e. The minimum Gasteiger partial charge on any atom is -0.326 e. The van der Waals surface area contributed by atoms with E-state index in [9.17, 15) is 9.59 Å². The highest BCUT2D eigenvalue weighted by Crippen LogP contribution is 2.15. The molecule has 0 aliphatic heterocycles. The molecule has 5 nitrogen and oxygen atoms in total. The van der Waals surface area contributed by atoms with Gasteiger partial charge < -0.3 is 5.32 Å². The summed E-state index contributed by atoms with van der Waals surface area (Å²) in [5.41, 5.74) is 4.77. The summed E-state index contributed by atoms with van der Waals surface area (Å²) in [6.45, 7) is 5.10. The fourth-order valence-corrected chi connectivity index (χ4v) is 1.59. The number of hydrogen-bond donors (Lipinski definition) is 2. The molecule has 1 aromatic carbocycles. The molecule has 0 heterocycles. The summed E-state index contributed by atoms with van der Waals surface area (Å²) < 4.78 is 0. The lowest BCUT2D eigenvalue weighted by Gasteiger charge is -2.09. The number of aryl methyl sites for hydroxylation is 1. The molecule has 0 saturated heterocycles. The van der Waals surface area contributed by atoms with E-state index < -0.39 is 0 Å². The number of benzene rings is 1. The highest BCUT2D eigenvalue weighted by atomic mass is 16.2. The maximum absolute atomic E-state index is 11.8. The third kappa shape index (κ3) is 5.33. The van der Waals surface area contributed by atoms with E-state index in [-0.39, 0.29) is 18.2 Å². The first kappa shape index (κ1) is 14.9. The highest BCUT2D eigenvalue weighted by molar-refractivity contribution is 6.05. The Labute approximate surface area is 113 Å². The van der Waals surface area contributed by atoms with Crippen molar-refractivity contribution < 1.29 is 9.59 Å². The molecule has 1 rings (SSSR count). The molecular weight excluding hydrogens is 242 g/mol. The molecule has 0 aliphatic carbocycles. The second-order valence-corrected chi connectivity index (χ2v) is 4.25. The molecule has 2 N–H and O–H groups in total. The molecule has 0 aromatic heterocycles. The Bertz CT molecular complexity index is 495. The average Bonchev–Trinajstić information content (AvgIpc) is 2.37. The van der Waals surface area contributed by atoms with Crippen molar-refractivity contribution in [1.82, 2.24) is 5.43 Å². The predicted octanol–water partition coefficient (Wildman–Crippen LogP) is 2.09. The summed E-state index contributed by atoms with van der Waals surface area (Å²) in [5, 5.41) is 6.65. The van der Waals surface area contributed by atoms with E-state index in [1.807, 2.05) is 31.2 Å². The Balaban J connectivity index is 2.60. The van der Waals surface area contributed by atoms with Gasteiger partial charge in [0.25, 0.3) is 0 Å². The molecule has 1 aromatic rings. The lowest BCUT2D eigenvalue weighted by molar-refractivity contribution is -0.119. The monoisotopic (exact) mass is 261 g/mol. The first-order valence-corrected chi connectivity index (χ1v) is 6.20. The zero-order valence-corrected chi connectivity index (χ0v) is 11.5. The van der Waals surface area contributed by atoms with Crippen LogP contribution in [0.15, 0.2) is 29.4 Å². The standard InChI is InChI=1S/C14H19N3O2/c1-4-12-7-5-6-8-13(12)15-14(19)9-10(2)16-17-11(3)18/h5-8H,4,9H2,1-3H3,(H,15,19)(H,17,18)/b16-10-. The number of carbonyl (C=O) groups is 2. The van der Waals surface area contributed by atoms with Gasteiger partial charge >= 0.3 is 0 Å². The molecule has 5 heteroatoms. The van der Waals surface area contributed by atoms with E-state index in [0.29, 0.717) is 5.71 Å². The van der Waals surface area contributed by atoms with Crippen LogP contribution < -0.4 is 10.7 Å². The number of para-hydroxylation sites is 1. The number of hydrazone groups is 1. The SMILES string of the molecule is CCc1ccccc1NC(=O)C/C(C)=N\NC(C)=O. The Hall–Kier alpha value is -2.17. The van der Waals surface area contributed by atoms with Crippen molar-refractivity contribution in [1.29, 1.82) is 0 Å². The van der Waals surface area contributed by atoms with Gasteiger partial charge in [0, 0.05) is 18.3 Å². The second-order valence-electron chi connectivity index (χ2n) is 4.25. The van der Waals surface area contributed by atoms with Gasteiger partial charge in [-0.1, -0.05) is 25.1 Å². The first-order valence-electron chi connectivity index (χ1n) is 6.20. The van der Waals surface area contributed by atoms with E-state index in [4.69, 9.17) is 0 Å². The minimum absolute atomic E-state index is 0.146. The Kier molecular flexibility index (Phi) is 5.73. The van der Waals surface area contributed by atoms with Gasteiger partial charge in [-0.3, -0.25) is 9.59 Å². The van der Waals surface area contributed by atoms with Crippen LogP contribution in [-0.2, 0) is 16.0 Å². The Morgan fingerprint density at radius 3 is 2.53 bits per heavy atom. The van der Waals surface area contributed by atoms with Gasteiger partial charge in [-0.05, 0) is 25.0 Å². The Morgan fingerprint density at radius 1 is 1.21 bits per heavy atom. The molecule has 0 fully saturated rings. The summed E-state index contributed by atoms with van der Waals surface area (Å²) in [7, 11) is 0. The van der Waals surface area contributed by atoms with Crippen LogP contribution in [0, 0.1) is 0 Å². The lowest BCUT2D eigenvalue weighted by atomic mass is 10.1. The lowest BCUT2D eigenvalue weighted by Crippen LogP contribution is -2.19. The van der Waals surface area contributed by atoms with Gasteiger partial charge in [-0.2, -0.15) is 5.10 Å². The largest absolute Gasteiger partial charge is 0.326 e. The van der Waals surface area contributed by atoms with Gasteiger partial charge in [0.2, 0.25) is 11.8 Å². The molecular formula is C14H19N3O2. The minimum atomic E-state index is -0.254. The van der Waals surface area contributed by atoms with Crippen LogP contribution in [0.4, 0.5) is 5.69 Å². The van der Waals surface area contributed by atoms with Crippen molar-refractivity contribution in [3.63, 3.8) is 0 Å². The van der Waals surface area contributed by atoms with E-state index in [1.165, 1.54) is 6.92 Å². The van der Waals surface area contributed by atoms with Crippen LogP contribution in [0.3, 0.4) is 0 Å². The highest BCUT2D eigenvalue weighted by Gasteiger charge is 2.07. The van der Waals surface area contributed by atoms with Gasteiger partial charge in [0.1, 0.15) is 0 Å². The van der Waals surface area contributed by atoms with Gasteiger partial charge in [0.05, 0.1) is 6.42 Å². The molecule has 0 radical (unpaired) electrons. The van der Waals surface area contributed by atoms with Crippen molar-refractivity contribution in [2.24, 2.45) is 5.10 Å². The molecule has 0 aliphatic rings. The van der Waals surface area contributed by atoms with Crippen molar-refractivity contribution in [2.45, 2.75) is 33.6 Å². The fourth-order valence-electron chi connectivity index (χ4n) is 1.59. The van der Waals surface area contributed by atoms with Crippen LogP contribution in [0.2, 0.25) is 0 Å². The molecule has 0 saturated carbocycles. The molecule has 102 valence electrons. The topological polar surface area (TPSA) is 70.6 Å². The summed E-state index contributed by atoms with van der Waals surface area (Å²) >= 11 is 0. The maximum Gasteiger partial charge on any atom is 0.236 e. The summed E-state index contributed by atoms with van der Waals surface area (Å²) in [6.07, 6.45) is 1.01. The zero-order valence-electron chi connectivity index (χ0n) is 11.5. The first-order chi connectivity index (χ1) is 9.02. The summed E-state index contributed by atoms with van der Waals surface area (Å²) in [5.74, 6) is -0.399. The van der Waals surface area contributed by atoms with E-state index in [0.717, 1.165) is 17.7 Å². The number of hydrogen-bond acceptors (Lipinski definition) is 3. The van der Waals surface area contributed by atoms with E-state index in [1.54, 1.807) is 6.92 Å². The average molecular weight is 261 g/mol. The third-order valence-corrected chi connectivity index (χ3v) is 2.49. The predicted molar refractivity (Wildman–Crippen MR) is 76.0 cm³/mol. The van der Waals surface area contributed by atoms with Gasteiger partial charge in [-0.25, -0.2) is 5.43 Å². The van der Waals surface area contributed by atoms with Crippen molar-refractivity contribution in [3.05, 3.63) is 29.8 Å². The van der Waals surface area contributed by atoms with Crippen LogP contribution in [0.1, 0.15) is 32.8 Å². The molecule has 0 atom stereocenters.